The van der Waals surface area contributed by atoms with Crippen LogP contribution in [-0.2, 0) is 4.79 Å². The molecule has 9 rings (SSSR count). The molecule has 192 valence electrons. The molecular formula is C38H22O2S. The summed E-state index contributed by atoms with van der Waals surface area (Å²) in [5.41, 5.74) is 1.66. The largest absolute Gasteiger partial charge is 0.456 e. The molecule has 1 aromatic heterocycles. The van der Waals surface area contributed by atoms with Crippen molar-refractivity contribution in [2.75, 3.05) is 0 Å². The number of carbonyl (C=O) groups excluding carboxylic acids is 1. The van der Waals surface area contributed by atoms with Gasteiger partial charge in [0, 0.05) is 33.4 Å². The van der Waals surface area contributed by atoms with Crippen LogP contribution < -0.4 is 0 Å². The fraction of sp³-hybridized carbons (Fsp3) is 0.0263. The lowest BCUT2D eigenvalue weighted by Crippen LogP contribution is -1.88. The maximum Gasteiger partial charge on any atom is 0.190 e. The fourth-order valence-electron chi connectivity index (χ4n) is 6.87. The number of furan rings is 1. The molecule has 0 saturated carbocycles. The van der Waals surface area contributed by atoms with Crippen molar-refractivity contribution in [3.05, 3.63) is 115 Å². The van der Waals surface area contributed by atoms with Crippen LogP contribution in [0.3, 0.4) is 0 Å². The second-order valence-electron chi connectivity index (χ2n) is 10.8. The third-order valence-electron chi connectivity index (χ3n) is 8.51. The lowest BCUT2D eigenvalue weighted by molar-refractivity contribution is -0.109. The van der Waals surface area contributed by atoms with Gasteiger partial charge in [0.1, 0.15) is 11.2 Å². The van der Waals surface area contributed by atoms with Crippen molar-refractivity contribution in [1.82, 2.24) is 0 Å². The Morgan fingerprint density at radius 2 is 1.00 bits per heavy atom. The predicted molar refractivity (Wildman–Crippen MR) is 175 cm³/mol. The standard InChI is InChI=1S/C38H22O2S/c1-21(39)41-32-20-31-38(36-29(32)18-16-25-13-11-23-7-3-5-9-28(23)34(25)36)37-30(40-31)19-17-26-15-14-24-12-10-22-6-2-4-8-27(22)33(24)35(26)37/h2-20H,1H3. The lowest BCUT2D eigenvalue weighted by atomic mass is 9.90. The number of thioether (sulfide) groups is 1. The summed E-state index contributed by atoms with van der Waals surface area (Å²) in [5.74, 6) is 0. The van der Waals surface area contributed by atoms with Gasteiger partial charge in [0.2, 0.25) is 0 Å². The smallest absolute Gasteiger partial charge is 0.190 e. The zero-order valence-electron chi connectivity index (χ0n) is 22.2. The summed E-state index contributed by atoms with van der Waals surface area (Å²) in [6, 6.07) is 41.2. The normalized spacial score (nSPS) is 12.2. The van der Waals surface area contributed by atoms with Gasteiger partial charge in [-0.05, 0) is 66.0 Å². The summed E-state index contributed by atoms with van der Waals surface area (Å²) in [4.78, 5) is 13.3. The quantitative estimate of drug-likeness (QED) is 0.153. The molecule has 0 aliphatic rings. The van der Waals surface area contributed by atoms with Gasteiger partial charge in [0.15, 0.2) is 5.12 Å². The highest BCUT2D eigenvalue weighted by atomic mass is 32.2. The van der Waals surface area contributed by atoms with Gasteiger partial charge in [-0.25, -0.2) is 0 Å². The van der Waals surface area contributed by atoms with E-state index < -0.39 is 0 Å². The average molecular weight is 543 g/mol. The van der Waals surface area contributed by atoms with E-state index in [1.807, 2.05) is 0 Å². The first-order valence-electron chi connectivity index (χ1n) is 13.8. The van der Waals surface area contributed by atoms with Crippen LogP contribution in [0.2, 0.25) is 0 Å². The predicted octanol–water partition coefficient (Wildman–Crippen LogP) is 11.1. The van der Waals surface area contributed by atoms with Crippen molar-refractivity contribution >= 4 is 103 Å². The molecule has 0 radical (unpaired) electrons. The molecule has 0 atom stereocenters. The Hall–Kier alpha value is -4.86. The van der Waals surface area contributed by atoms with E-state index in [4.69, 9.17) is 4.42 Å². The van der Waals surface area contributed by atoms with Crippen LogP contribution in [0, 0.1) is 0 Å². The van der Waals surface area contributed by atoms with Gasteiger partial charge < -0.3 is 4.42 Å². The van der Waals surface area contributed by atoms with Crippen LogP contribution in [0.4, 0.5) is 0 Å². The molecule has 0 amide bonds. The number of hydrogen-bond acceptors (Lipinski definition) is 3. The summed E-state index contributed by atoms with van der Waals surface area (Å²) >= 11 is 1.28. The molecule has 0 N–H and O–H groups in total. The molecule has 0 saturated heterocycles. The van der Waals surface area contributed by atoms with Gasteiger partial charge >= 0.3 is 0 Å². The van der Waals surface area contributed by atoms with E-state index in [1.54, 1.807) is 6.92 Å². The Labute approximate surface area is 239 Å². The third kappa shape index (κ3) is 3.18. The van der Waals surface area contributed by atoms with Gasteiger partial charge in [-0.1, -0.05) is 115 Å². The van der Waals surface area contributed by atoms with Gasteiger partial charge in [-0.15, -0.1) is 0 Å². The zero-order chi connectivity index (χ0) is 27.2. The topological polar surface area (TPSA) is 30.2 Å². The van der Waals surface area contributed by atoms with E-state index in [2.05, 4.69) is 115 Å². The zero-order valence-corrected chi connectivity index (χ0v) is 23.0. The number of fused-ring (bicyclic) bond motifs is 15. The number of benzene rings is 8. The molecule has 2 nitrogen and oxygen atoms in total. The molecule has 0 fully saturated rings. The molecule has 3 heteroatoms. The second-order valence-corrected chi connectivity index (χ2v) is 12.0. The Balaban J connectivity index is 1.64. The fourth-order valence-corrected chi connectivity index (χ4v) is 7.62. The monoisotopic (exact) mass is 542 g/mol. The van der Waals surface area contributed by atoms with E-state index >= 15 is 0 Å². The minimum atomic E-state index is 0.0580. The molecule has 41 heavy (non-hydrogen) atoms. The Morgan fingerprint density at radius 3 is 1.66 bits per heavy atom. The molecule has 8 aromatic carbocycles. The molecule has 0 unspecified atom stereocenters. The van der Waals surface area contributed by atoms with Crippen molar-refractivity contribution < 1.29 is 9.21 Å². The van der Waals surface area contributed by atoms with Gasteiger partial charge in [0.05, 0.1) is 0 Å². The minimum Gasteiger partial charge on any atom is -0.456 e. The molecule has 0 spiro atoms. The Bertz CT molecular complexity index is 2580. The molecule has 0 aliphatic carbocycles. The Kier molecular flexibility index (Phi) is 4.65. The molecule has 0 bridgehead atoms. The summed E-state index contributed by atoms with van der Waals surface area (Å²) < 4.78 is 6.69. The first kappa shape index (κ1) is 22.9. The molecule has 1 heterocycles. The Morgan fingerprint density at radius 1 is 0.488 bits per heavy atom. The van der Waals surface area contributed by atoms with E-state index in [0.717, 1.165) is 37.6 Å². The van der Waals surface area contributed by atoms with Crippen molar-refractivity contribution in [1.29, 1.82) is 0 Å². The highest BCUT2D eigenvalue weighted by molar-refractivity contribution is 8.13. The SMILES string of the molecule is CC(=O)Sc1cc2oc3ccc4ccc5ccc6ccccc6c5c4c3c2c2c1ccc1ccc3ccccc3c12. The lowest BCUT2D eigenvalue weighted by Gasteiger charge is -2.13. The first-order chi connectivity index (χ1) is 20.2. The number of carbonyl (C=O) groups is 1. The van der Waals surface area contributed by atoms with Gasteiger partial charge in [-0.2, -0.15) is 0 Å². The molecule has 0 aliphatic heterocycles. The highest BCUT2D eigenvalue weighted by Gasteiger charge is 2.21. The van der Waals surface area contributed by atoms with E-state index in [0.29, 0.717) is 0 Å². The summed E-state index contributed by atoms with van der Waals surface area (Å²) in [6.07, 6.45) is 0. The van der Waals surface area contributed by atoms with Crippen LogP contribution in [0.5, 0.6) is 0 Å². The number of hydrogen-bond donors (Lipinski definition) is 0. The molecule has 9 aromatic rings. The van der Waals surface area contributed by atoms with Crippen molar-refractivity contribution in [3.63, 3.8) is 0 Å². The second kappa shape index (κ2) is 8.33. The van der Waals surface area contributed by atoms with Crippen LogP contribution in [-0.4, -0.2) is 5.12 Å². The third-order valence-corrected chi connectivity index (χ3v) is 9.36. The summed E-state index contributed by atoms with van der Waals surface area (Å²) in [7, 11) is 0. The summed E-state index contributed by atoms with van der Waals surface area (Å²) in [6.45, 7) is 1.63. The van der Waals surface area contributed by atoms with Crippen LogP contribution in [0.1, 0.15) is 6.92 Å². The highest BCUT2D eigenvalue weighted by Crippen LogP contribution is 2.47. The average Bonchev–Trinajstić information content (AvgIpc) is 3.38. The van der Waals surface area contributed by atoms with Gasteiger partial charge in [-0.3, -0.25) is 4.79 Å². The first-order valence-corrected chi connectivity index (χ1v) is 14.6. The van der Waals surface area contributed by atoms with E-state index in [9.17, 15) is 4.79 Å². The maximum absolute atomic E-state index is 12.4. The van der Waals surface area contributed by atoms with Crippen LogP contribution >= 0.6 is 11.8 Å². The van der Waals surface area contributed by atoms with E-state index in [1.165, 1.54) is 65.6 Å². The van der Waals surface area contributed by atoms with Crippen molar-refractivity contribution in [2.24, 2.45) is 0 Å². The summed E-state index contributed by atoms with van der Waals surface area (Å²) in [5, 5.41) is 16.6. The van der Waals surface area contributed by atoms with Gasteiger partial charge in [0.25, 0.3) is 0 Å². The maximum atomic E-state index is 12.4. The molecular weight excluding hydrogens is 520 g/mol. The van der Waals surface area contributed by atoms with E-state index in [-0.39, 0.29) is 5.12 Å². The van der Waals surface area contributed by atoms with Crippen LogP contribution in [0.25, 0.3) is 86.6 Å². The van der Waals surface area contributed by atoms with Crippen molar-refractivity contribution in [3.8, 4) is 0 Å². The number of rotatable bonds is 1. The minimum absolute atomic E-state index is 0.0580. The van der Waals surface area contributed by atoms with Crippen molar-refractivity contribution in [2.45, 2.75) is 11.8 Å². The van der Waals surface area contributed by atoms with Crippen LogP contribution in [0.15, 0.2) is 125 Å².